The molecule has 1 aliphatic rings. The number of anilines is 1. The van der Waals surface area contributed by atoms with Crippen LogP contribution >= 0.6 is 70.2 Å². The summed E-state index contributed by atoms with van der Waals surface area (Å²) in [6.45, 7) is 3.82. The highest BCUT2D eigenvalue weighted by molar-refractivity contribution is 7.80. The Morgan fingerprint density at radius 2 is 1.74 bits per heavy atom. The molecule has 4 nitrogen and oxygen atoms in total. The fourth-order valence-corrected chi connectivity index (χ4v) is 3.12. The number of hydrogen-bond acceptors (Lipinski definition) is 3. The standard InChI is InChI=1S/C13H12Cl5N3OS/c1-6(2)10(23)11-19-21(13(16,17)18)12(22)20(11)9-4-7(14)3-8(15)5-9/h3-6,11,19H,1-2H3. The second-order valence-electron chi connectivity index (χ2n) is 5.17. The van der Waals surface area contributed by atoms with Gasteiger partial charge in [-0.2, -0.15) is 5.43 Å². The van der Waals surface area contributed by atoms with Crippen LogP contribution in [0.15, 0.2) is 18.2 Å². The fraction of sp³-hybridized carbons (Fsp3) is 0.385. The van der Waals surface area contributed by atoms with Crippen molar-refractivity contribution >= 4 is 86.8 Å². The monoisotopic (exact) mass is 433 g/mol. The number of hydrogen-bond donors (Lipinski definition) is 1. The van der Waals surface area contributed by atoms with E-state index in [0.29, 0.717) is 20.6 Å². The van der Waals surface area contributed by atoms with Gasteiger partial charge in [-0.15, -0.1) is 0 Å². The van der Waals surface area contributed by atoms with Crippen molar-refractivity contribution in [1.82, 2.24) is 10.4 Å². The van der Waals surface area contributed by atoms with Crippen LogP contribution in [0.1, 0.15) is 13.8 Å². The van der Waals surface area contributed by atoms with Gasteiger partial charge in [0.1, 0.15) is 6.17 Å². The summed E-state index contributed by atoms with van der Waals surface area (Å²) in [5.74, 6) is 0.0165. The van der Waals surface area contributed by atoms with Crippen LogP contribution in [0.2, 0.25) is 10.0 Å². The number of thiocarbonyl (C=S) groups is 1. The maximum absolute atomic E-state index is 12.7. The Bertz CT molecular complexity index is 629. The summed E-state index contributed by atoms with van der Waals surface area (Å²) >= 11 is 35.0. The van der Waals surface area contributed by atoms with Crippen LogP contribution < -0.4 is 10.3 Å². The number of benzene rings is 1. The molecule has 1 unspecified atom stereocenters. The third kappa shape index (κ3) is 4.15. The molecule has 0 aliphatic carbocycles. The molecule has 0 saturated carbocycles. The Balaban J connectivity index is 2.51. The molecule has 1 N–H and O–H groups in total. The van der Waals surface area contributed by atoms with Gasteiger partial charge < -0.3 is 0 Å². The largest absolute Gasteiger partial charge is 0.344 e. The van der Waals surface area contributed by atoms with E-state index in [-0.39, 0.29) is 5.92 Å². The van der Waals surface area contributed by atoms with Gasteiger partial charge >= 0.3 is 6.03 Å². The molecule has 1 fully saturated rings. The second kappa shape index (κ2) is 7.08. The van der Waals surface area contributed by atoms with Gasteiger partial charge in [0.25, 0.3) is 3.92 Å². The summed E-state index contributed by atoms with van der Waals surface area (Å²) in [5.41, 5.74) is 3.28. The van der Waals surface area contributed by atoms with E-state index in [1.165, 1.54) is 4.90 Å². The zero-order valence-corrected chi connectivity index (χ0v) is 16.6. The van der Waals surface area contributed by atoms with Crippen LogP contribution in [0.5, 0.6) is 0 Å². The molecule has 1 saturated heterocycles. The van der Waals surface area contributed by atoms with Crippen molar-refractivity contribution in [2.24, 2.45) is 5.92 Å². The van der Waals surface area contributed by atoms with Gasteiger partial charge in [-0.1, -0.05) is 84.1 Å². The van der Waals surface area contributed by atoms with Crippen LogP contribution in [0.3, 0.4) is 0 Å². The summed E-state index contributed by atoms with van der Waals surface area (Å²) < 4.78 is -1.97. The molecule has 10 heteroatoms. The van der Waals surface area contributed by atoms with E-state index < -0.39 is 16.1 Å². The molecule has 126 valence electrons. The topological polar surface area (TPSA) is 35.6 Å². The maximum Gasteiger partial charge on any atom is 0.344 e. The number of nitrogens with one attached hydrogen (secondary N) is 1. The van der Waals surface area contributed by atoms with Crippen molar-refractivity contribution in [3.63, 3.8) is 0 Å². The van der Waals surface area contributed by atoms with Gasteiger partial charge in [0.05, 0.1) is 5.69 Å². The Labute approximate surface area is 164 Å². The van der Waals surface area contributed by atoms with Gasteiger partial charge in [0, 0.05) is 14.9 Å². The highest BCUT2D eigenvalue weighted by Crippen LogP contribution is 2.37. The Morgan fingerprint density at radius 3 is 2.17 bits per heavy atom. The third-order valence-corrected chi connectivity index (χ3v) is 4.76. The zero-order valence-electron chi connectivity index (χ0n) is 12.0. The summed E-state index contributed by atoms with van der Waals surface area (Å²) in [4.78, 5) is 14.6. The van der Waals surface area contributed by atoms with E-state index in [0.717, 1.165) is 5.01 Å². The lowest BCUT2D eigenvalue weighted by atomic mass is 10.1. The normalized spacial score (nSPS) is 19.0. The van der Waals surface area contributed by atoms with Crippen LogP contribution in [0, 0.1) is 5.92 Å². The molecule has 1 atom stereocenters. The number of carbonyl (C=O) groups excluding carboxylic acids is 1. The molecule has 0 spiro atoms. The van der Waals surface area contributed by atoms with Crippen LogP contribution in [-0.4, -0.2) is 26.0 Å². The van der Waals surface area contributed by atoms with Crippen LogP contribution in [0.25, 0.3) is 0 Å². The van der Waals surface area contributed by atoms with Gasteiger partial charge in [-0.05, 0) is 24.1 Å². The first kappa shape index (κ1) is 19.3. The lowest BCUT2D eigenvalue weighted by Gasteiger charge is -2.25. The van der Waals surface area contributed by atoms with Crippen molar-refractivity contribution in [2.75, 3.05) is 4.90 Å². The fourth-order valence-electron chi connectivity index (χ4n) is 2.08. The van der Waals surface area contributed by atoms with E-state index >= 15 is 0 Å². The van der Waals surface area contributed by atoms with Crippen molar-refractivity contribution in [2.45, 2.75) is 23.9 Å². The number of alkyl halides is 3. The lowest BCUT2D eigenvalue weighted by Crippen LogP contribution is -2.48. The third-order valence-electron chi connectivity index (χ3n) is 3.12. The minimum absolute atomic E-state index is 0.0165. The number of halogens is 5. The van der Waals surface area contributed by atoms with Crippen molar-refractivity contribution < 1.29 is 4.79 Å². The molecule has 0 bridgehead atoms. The van der Waals surface area contributed by atoms with E-state index in [1.54, 1.807) is 18.2 Å². The Morgan fingerprint density at radius 1 is 1.22 bits per heavy atom. The molecule has 0 radical (unpaired) electrons. The number of carbonyl (C=O) groups is 1. The van der Waals surface area contributed by atoms with Crippen LogP contribution in [-0.2, 0) is 0 Å². The molecule has 1 aliphatic heterocycles. The molecule has 23 heavy (non-hydrogen) atoms. The quantitative estimate of drug-likeness (QED) is 0.391. The van der Waals surface area contributed by atoms with Gasteiger partial charge in [-0.25, -0.2) is 9.80 Å². The lowest BCUT2D eigenvalue weighted by molar-refractivity contribution is 0.201. The smallest absolute Gasteiger partial charge is 0.271 e. The molecule has 1 aromatic carbocycles. The number of nitrogens with zero attached hydrogens (tertiary/aromatic N) is 2. The van der Waals surface area contributed by atoms with Crippen molar-refractivity contribution in [3.05, 3.63) is 28.2 Å². The van der Waals surface area contributed by atoms with Gasteiger partial charge in [-0.3, -0.25) is 4.90 Å². The maximum atomic E-state index is 12.7. The molecule has 1 heterocycles. The molecule has 2 amide bonds. The average molecular weight is 436 g/mol. The van der Waals surface area contributed by atoms with E-state index in [2.05, 4.69) is 5.43 Å². The number of rotatable bonds is 3. The van der Waals surface area contributed by atoms with Crippen LogP contribution in [0.4, 0.5) is 10.5 Å². The highest BCUT2D eigenvalue weighted by atomic mass is 35.6. The number of urea groups is 1. The highest BCUT2D eigenvalue weighted by Gasteiger charge is 2.48. The minimum Gasteiger partial charge on any atom is -0.271 e. The minimum atomic E-state index is -1.97. The van der Waals surface area contributed by atoms with E-state index in [1.807, 2.05) is 13.8 Å². The Hall–Kier alpha value is -0.0100. The number of amides is 2. The summed E-state index contributed by atoms with van der Waals surface area (Å²) in [5, 5.41) is 1.65. The summed E-state index contributed by atoms with van der Waals surface area (Å²) in [6, 6.07) is 4.16. The van der Waals surface area contributed by atoms with E-state index in [4.69, 9.17) is 70.2 Å². The predicted molar refractivity (Wildman–Crippen MR) is 101 cm³/mol. The molecule has 2 rings (SSSR count). The first-order chi connectivity index (χ1) is 10.5. The number of hydrazine groups is 1. The predicted octanol–water partition coefficient (Wildman–Crippen LogP) is 5.42. The summed E-state index contributed by atoms with van der Waals surface area (Å²) in [6.07, 6.45) is -0.664. The molecular formula is C13H12Cl5N3OS. The zero-order chi connectivity index (χ0) is 17.5. The average Bonchev–Trinajstić information content (AvgIpc) is 2.73. The van der Waals surface area contributed by atoms with E-state index in [9.17, 15) is 4.79 Å². The second-order valence-corrected chi connectivity index (χ2v) is 8.74. The first-order valence-electron chi connectivity index (χ1n) is 6.48. The summed E-state index contributed by atoms with van der Waals surface area (Å²) in [7, 11) is 0. The first-order valence-corrected chi connectivity index (χ1v) is 8.78. The molecule has 0 aromatic heterocycles. The van der Waals surface area contributed by atoms with Gasteiger partial charge in [0.2, 0.25) is 0 Å². The van der Waals surface area contributed by atoms with Crippen molar-refractivity contribution in [3.8, 4) is 0 Å². The van der Waals surface area contributed by atoms with Crippen molar-refractivity contribution in [1.29, 1.82) is 0 Å². The SMILES string of the molecule is CC(C)C(=S)C1NN(C(Cl)(Cl)Cl)C(=O)N1c1cc(Cl)cc(Cl)c1. The molecular weight excluding hydrogens is 423 g/mol. The Kier molecular flexibility index (Phi) is 5.95. The van der Waals surface area contributed by atoms with Gasteiger partial charge in [0.15, 0.2) is 0 Å². The molecule has 1 aromatic rings.